The molecular formula is C7H12O4. The van der Waals surface area contributed by atoms with Crippen molar-refractivity contribution >= 4 is 6.29 Å². The molecule has 0 aromatic rings. The average molecular weight is 160 g/mol. The molecule has 0 bridgehead atoms. The Kier molecular flexibility index (Phi) is 2.59. The lowest BCUT2D eigenvalue weighted by atomic mass is 10.1. The van der Waals surface area contributed by atoms with Crippen LogP contribution < -0.4 is 0 Å². The van der Waals surface area contributed by atoms with Gasteiger partial charge in [-0.05, 0) is 6.92 Å². The predicted octanol–water partition coefficient (Wildman–Crippen LogP) is -0.916. The molecule has 0 amide bonds. The topological polar surface area (TPSA) is 66.8 Å². The lowest BCUT2D eigenvalue weighted by molar-refractivity contribution is -0.111. The smallest absolute Gasteiger partial charge is 0.122 e. The highest BCUT2D eigenvalue weighted by Gasteiger charge is 2.39. The number of rotatable bonds is 2. The molecular weight excluding hydrogens is 148 g/mol. The van der Waals surface area contributed by atoms with E-state index in [1.807, 2.05) is 0 Å². The van der Waals surface area contributed by atoms with E-state index >= 15 is 0 Å². The second-order valence-corrected chi connectivity index (χ2v) is 2.76. The molecule has 0 aromatic heterocycles. The third-order valence-electron chi connectivity index (χ3n) is 1.93. The Morgan fingerprint density at radius 2 is 2.09 bits per heavy atom. The predicted molar refractivity (Wildman–Crippen MR) is 37.0 cm³/mol. The first-order valence-electron chi connectivity index (χ1n) is 3.62. The van der Waals surface area contributed by atoms with Crippen molar-refractivity contribution in [3.63, 3.8) is 0 Å². The monoisotopic (exact) mass is 160 g/mol. The maximum Gasteiger partial charge on any atom is 0.122 e. The van der Waals surface area contributed by atoms with Crippen LogP contribution in [0.15, 0.2) is 0 Å². The van der Waals surface area contributed by atoms with Gasteiger partial charge in [0.25, 0.3) is 0 Å². The molecule has 1 unspecified atom stereocenters. The molecule has 0 saturated carbocycles. The van der Waals surface area contributed by atoms with Crippen molar-refractivity contribution in [1.82, 2.24) is 0 Å². The third-order valence-corrected chi connectivity index (χ3v) is 1.93. The van der Waals surface area contributed by atoms with Crippen molar-refractivity contribution in [2.45, 2.75) is 37.8 Å². The number of aliphatic hydroxyl groups is 2. The number of hydrogen-bond donors (Lipinski definition) is 2. The van der Waals surface area contributed by atoms with E-state index < -0.39 is 18.3 Å². The van der Waals surface area contributed by atoms with Gasteiger partial charge in [-0.15, -0.1) is 0 Å². The summed E-state index contributed by atoms with van der Waals surface area (Å²) in [6.45, 7) is 1.67. The summed E-state index contributed by atoms with van der Waals surface area (Å²) in [6, 6.07) is 0. The maximum absolute atomic E-state index is 10.0. The van der Waals surface area contributed by atoms with Gasteiger partial charge in [0, 0.05) is 6.42 Å². The molecule has 1 aliphatic heterocycles. The van der Waals surface area contributed by atoms with Gasteiger partial charge in [-0.1, -0.05) is 0 Å². The van der Waals surface area contributed by atoms with Gasteiger partial charge in [-0.3, -0.25) is 0 Å². The summed E-state index contributed by atoms with van der Waals surface area (Å²) in [5, 5.41) is 18.4. The summed E-state index contributed by atoms with van der Waals surface area (Å²) in [6.07, 6.45) is -1.87. The second-order valence-electron chi connectivity index (χ2n) is 2.76. The molecule has 4 atom stereocenters. The summed E-state index contributed by atoms with van der Waals surface area (Å²) >= 11 is 0. The molecule has 1 saturated heterocycles. The minimum Gasteiger partial charge on any atom is -0.388 e. The van der Waals surface area contributed by atoms with Gasteiger partial charge in [-0.25, -0.2) is 0 Å². The van der Waals surface area contributed by atoms with Crippen LogP contribution in [-0.2, 0) is 9.53 Å². The van der Waals surface area contributed by atoms with Gasteiger partial charge in [0.2, 0.25) is 0 Å². The Bertz CT molecular complexity index is 147. The minimum absolute atomic E-state index is 0.141. The average Bonchev–Trinajstić information content (AvgIpc) is 2.19. The molecule has 1 aliphatic rings. The lowest BCUT2D eigenvalue weighted by Gasteiger charge is -2.10. The van der Waals surface area contributed by atoms with Crippen LogP contribution in [0.1, 0.15) is 13.3 Å². The van der Waals surface area contributed by atoms with Gasteiger partial charge in [0.1, 0.15) is 18.5 Å². The zero-order valence-electron chi connectivity index (χ0n) is 6.30. The molecule has 4 heteroatoms. The summed E-state index contributed by atoms with van der Waals surface area (Å²) in [5.41, 5.74) is 0. The van der Waals surface area contributed by atoms with Crippen LogP contribution >= 0.6 is 0 Å². The van der Waals surface area contributed by atoms with Crippen LogP contribution in [0.5, 0.6) is 0 Å². The minimum atomic E-state index is -0.921. The van der Waals surface area contributed by atoms with E-state index in [9.17, 15) is 15.0 Å². The molecule has 0 spiro atoms. The van der Waals surface area contributed by atoms with Crippen molar-refractivity contribution in [3.8, 4) is 0 Å². The molecule has 1 heterocycles. The quantitative estimate of drug-likeness (QED) is 0.513. The highest BCUT2D eigenvalue weighted by atomic mass is 16.5. The van der Waals surface area contributed by atoms with Crippen molar-refractivity contribution in [1.29, 1.82) is 0 Å². The molecule has 11 heavy (non-hydrogen) atoms. The molecule has 1 fully saturated rings. The Balaban J connectivity index is 2.51. The molecule has 0 radical (unpaired) electrons. The van der Waals surface area contributed by atoms with E-state index in [0.29, 0.717) is 6.29 Å². The SMILES string of the molecule is C[C@@H]1O[C@H](CC=O)[C@H](O)C1O. The summed E-state index contributed by atoms with van der Waals surface area (Å²) in [7, 11) is 0. The highest BCUT2D eigenvalue weighted by molar-refractivity contribution is 5.50. The highest BCUT2D eigenvalue weighted by Crippen LogP contribution is 2.22. The van der Waals surface area contributed by atoms with Crippen molar-refractivity contribution in [2.75, 3.05) is 0 Å². The van der Waals surface area contributed by atoms with E-state index in [4.69, 9.17) is 4.74 Å². The van der Waals surface area contributed by atoms with Crippen LogP contribution in [0.3, 0.4) is 0 Å². The van der Waals surface area contributed by atoms with Crippen molar-refractivity contribution in [2.24, 2.45) is 0 Å². The van der Waals surface area contributed by atoms with Gasteiger partial charge >= 0.3 is 0 Å². The first-order chi connectivity index (χ1) is 5.16. The van der Waals surface area contributed by atoms with Crippen molar-refractivity contribution < 1.29 is 19.7 Å². The van der Waals surface area contributed by atoms with E-state index in [1.165, 1.54) is 0 Å². The molecule has 4 nitrogen and oxygen atoms in total. The molecule has 1 rings (SSSR count). The fourth-order valence-electron chi connectivity index (χ4n) is 1.22. The Morgan fingerprint density at radius 3 is 2.45 bits per heavy atom. The Labute approximate surface area is 64.8 Å². The summed E-state index contributed by atoms with van der Waals surface area (Å²) in [5.74, 6) is 0. The largest absolute Gasteiger partial charge is 0.388 e. The fraction of sp³-hybridized carbons (Fsp3) is 0.857. The maximum atomic E-state index is 10.0. The van der Waals surface area contributed by atoms with Gasteiger partial charge < -0.3 is 19.7 Å². The van der Waals surface area contributed by atoms with Crippen LogP contribution in [-0.4, -0.2) is 40.9 Å². The number of aliphatic hydroxyl groups excluding tert-OH is 2. The second kappa shape index (κ2) is 3.30. The zero-order valence-corrected chi connectivity index (χ0v) is 6.30. The van der Waals surface area contributed by atoms with Gasteiger partial charge in [0.05, 0.1) is 12.2 Å². The van der Waals surface area contributed by atoms with E-state index in [-0.39, 0.29) is 12.5 Å². The Hall–Kier alpha value is -0.450. The number of carbonyl (C=O) groups excluding carboxylic acids is 1. The van der Waals surface area contributed by atoms with E-state index in [2.05, 4.69) is 0 Å². The summed E-state index contributed by atoms with van der Waals surface area (Å²) < 4.78 is 5.09. The zero-order chi connectivity index (χ0) is 8.43. The fourth-order valence-corrected chi connectivity index (χ4v) is 1.22. The Morgan fingerprint density at radius 1 is 1.45 bits per heavy atom. The number of carbonyl (C=O) groups is 1. The first kappa shape index (κ1) is 8.64. The standard InChI is InChI=1S/C7H12O4/c1-4-6(9)7(10)5(11-4)2-3-8/h3-7,9-10H,2H2,1H3/t4-,5+,6?,7-/m0/s1. The van der Waals surface area contributed by atoms with Crippen LogP contribution in [0.2, 0.25) is 0 Å². The van der Waals surface area contributed by atoms with E-state index in [1.54, 1.807) is 6.92 Å². The third kappa shape index (κ3) is 1.58. The molecule has 2 N–H and O–H groups in total. The van der Waals surface area contributed by atoms with Gasteiger partial charge in [-0.2, -0.15) is 0 Å². The number of ether oxygens (including phenoxy) is 1. The molecule has 0 aromatic carbocycles. The number of aldehydes is 1. The van der Waals surface area contributed by atoms with Crippen LogP contribution in [0, 0.1) is 0 Å². The molecule has 64 valence electrons. The lowest BCUT2D eigenvalue weighted by Crippen LogP contribution is -2.31. The van der Waals surface area contributed by atoms with Crippen LogP contribution in [0.4, 0.5) is 0 Å². The normalized spacial score (nSPS) is 44.3. The van der Waals surface area contributed by atoms with Crippen LogP contribution in [0.25, 0.3) is 0 Å². The summed E-state index contributed by atoms with van der Waals surface area (Å²) in [4.78, 5) is 10.0. The number of hydrogen-bond acceptors (Lipinski definition) is 4. The molecule has 0 aliphatic carbocycles. The van der Waals surface area contributed by atoms with Crippen molar-refractivity contribution in [3.05, 3.63) is 0 Å². The van der Waals surface area contributed by atoms with E-state index in [0.717, 1.165) is 0 Å². The first-order valence-corrected chi connectivity index (χ1v) is 3.62. The van der Waals surface area contributed by atoms with Gasteiger partial charge in [0.15, 0.2) is 0 Å².